The van der Waals surface area contributed by atoms with Gasteiger partial charge in [0.2, 0.25) is 5.91 Å². The molecule has 1 N–H and O–H groups in total. The number of imide groups is 1. The van der Waals surface area contributed by atoms with E-state index in [1.54, 1.807) is 45.0 Å². The molecule has 0 saturated heterocycles. The van der Waals surface area contributed by atoms with Gasteiger partial charge in [0.25, 0.3) is 11.8 Å². The van der Waals surface area contributed by atoms with Gasteiger partial charge in [0, 0.05) is 5.56 Å². The highest BCUT2D eigenvalue weighted by Crippen LogP contribution is 2.19. The number of nitrogens with one attached hydrogen (secondary N) is 1. The lowest BCUT2D eigenvalue weighted by atomic mass is 9.90. The Kier molecular flexibility index (Phi) is 5.95. The first-order chi connectivity index (χ1) is 12.7. The van der Waals surface area contributed by atoms with Crippen molar-refractivity contribution in [3.05, 3.63) is 35.4 Å². The number of fused-ring (bicyclic) bond motifs is 1. The number of hydrogen-bond acceptors (Lipinski definition) is 6. The summed E-state index contributed by atoms with van der Waals surface area (Å²) in [6.07, 6.45) is 0.0184. The molecule has 142 valence electrons. The molecule has 0 aromatic heterocycles. The summed E-state index contributed by atoms with van der Waals surface area (Å²) in [5, 5.41) is 11.7. The minimum absolute atomic E-state index is 0.0184. The standard InChI is InChI=1S/C19H21N3O5/c1-12(2)19(3,11-20)21-15(23)10-27-17(25)9-22-16(24)8-13-6-4-5-7-14(13)18(22)26/h4-7,12H,8-10H2,1-3H3,(H,21,23)/t19-/m1/s1. The molecule has 1 aromatic rings. The number of benzene rings is 1. The zero-order valence-electron chi connectivity index (χ0n) is 15.4. The van der Waals surface area contributed by atoms with Crippen LogP contribution in [0.4, 0.5) is 0 Å². The molecule has 0 bridgehead atoms. The molecule has 0 radical (unpaired) electrons. The van der Waals surface area contributed by atoms with Gasteiger partial charge in [-0.2, -0.15) is 5.26 Å². The number of esters is 1. The zero-order valence-corrected chi connectivity index (χ0v) is 15.4. The van der Waals surface area contributed by atoms with Gasteiger partial charge < -0.3 is 10.1 Å². The number of rotatable bonds is 6. The largest absolute Gasteiger partial charge is 0.454 e. The van der Waals surface area contributed by atoms with Crippen LogP contribution in [0.15, 0.2) is 24.3 Å². The summed E-state index contributed by atoms with van der Waals surface area (Å²) < 4.78 is 4.85. The summed E-state index contributed by atoms with van der Waals surface area (Å²) in [7, 11) is 0. The number of nitriles is 1. The first-order valence-corrected chi connectivity index (χ1v) is 8.48. The van der Waals surface area contributed by atoms with Crippen LogP contribution in [0.2, 0.25) is 0 Å². The fraction of sp³-hybridized carbons (Fsp3) is 0.421. The first kappa shape index (κ1) is 20.1. The van der Waals surface area contributed by atoms with Gasteiger partial charge in [-0.25, -0.2) is 0 Å². The van der Waals surface area contributed by atoms with E-state index in [2.05, 4.69) is 5.32 Å². The molecule has 1 aliphatic rings. The average molecular weight is 371 g/mol. The first-order valence-electron chi connectivity index (χ1n) is 8.48. The molecule has 3 amide bonds. The number of nitrogens with zero attached hydrogens (tertiary/aromatic N) is 2. The maximum Gasteiger partial charge on any atom is 0.326 e. The highest BCUT2D eigenvalue weighted by atomic mass is 16.5. The van der Waals surface area contributed by atoms with Crippen molar-refractivity contribution in [2.75, 3.05) is 13.2 Å². The van der Waals surface area contributed by atoms with Crippen molar-refractivity contribution in [2.24, 2.45) is 5.92 Å². The second kappa shape index (κ2) is 7.99. The van der Waals surface area contributed by atoms with Gasteiger partial charge in [-0.3, -0.25) is 24.1 Å². The molecule has 1 aliphatic heterocycles. The maximum atomic E-state index is 12.4. The van der Waals surface area contributed by atoms with Crippen molar-refractivity contribution in [3.63, 3.8) is 0 Å². The van der Waals surface area contributed by atoms with Crippen LogP contribution >= 0.6 is 0 Å². The molecule has 0 fully saturated rings. The van der Waals surface area contributed by atoms with Crippen LogP contribution in [0.5, 0.6) is 0 Å². The minimum Gasteiger partial charge on any atom is -0.454 e. The minimum atomic E-state index is -1.09. The van der Waals surface area contributed by atoms with E-state index in [0.717, 1.165) is 4.90 Å². The van der Waals surface area contributed by atoms with Crippen molar-refractivity contribution in [2.45, 2.75) is 32.7 Å². The second-order valence-corrected chi connectivity index (χ2v) is 6.80. The second-order valence-electron chi connectivity index (χ2n) is 6.80. The quantitative estimate of drug-likeness (QED) is 0.584. The predicted molar refractivity (Wildman–Crippen MR) is 94.1 cm³/mol. The van der Waals surface area contributed by atoms with Gasteiger partial charge in [0.1, 0.15) is 12.1 Å². The van der Waals surface area contributed by atoms with Crippen LogP contribution in [0, 0.1) is 17.2 Å². The van der Waals surface area contributed by atoms with Gasteiger partial charge in [0.15, 0.2) is 6.61 Å². The van der Waals surface area contributed by atoms with Crippen LogP contribution in [0.25, 0.3) is 0 Å². The van der Waals surface area contributed by atoms with E-state index in [9.17, 15) is 24.4 Å². The molecule has 8 heteroatoms. The van der Waals surface area contributed by atoms with E-state index in [0.29, 0.717) is 11.1 Å². The highest BCUT2D eigenvalue weighted by Gasteiger charge is 2.33. The van der Waals surface area contributed by atoms with E-state index in [1.807, 2.05) is 6.07 Å². The molecule has 27 heavy (non-hydrogen) atoms. The van der Waals surface area contributed by atoms with Crippen molar-refractivity contribution in [1.29, 1.82) is 5.26 Å². The molecular weight excluding hydrogens is 350 g/mol. The Morgan fingerprint density at radius 3 is 2.63 bits per heavy atom. The topological polar surface area (TPSA) is 117 Å². The van der Waals surface area contributed by atoms with E-state index in [1.165, 1.54) is 0 Å². The fourth-order valence-electron chi connectivity index (χ4n) is 2.51. The Labute approximate surface area is 157 Å². The Morgan fingerprint density at radius 1 is 1.33 bits per heavy atom. The van der Waals surface area contributed by atoms with Crippen LogP contribution in [-0.4, -0.2) is 47.3 Å². The fourth-order valence-corrected chi connectivity index (χ4v) is 2.51. The number of carbonyl (C=O) groups excluding carboxylic acids is 4. The number of hydrogen-bond donors (Lipinski definition) is 1. The lowest BCUT2D eigenvalue weighted by molar-refractivity contribution is -0.151. The molecular formula is C19H21N3O5. The van der Waals surface area contributed by atoms with Crippen LogP contribution < -0.4 is 5.32 Å². The Hall–Kier alpha value is -3.21. The average Bonchev–Trinajstić information content (AvgIpc) is 2.63. The Bertz CT molecular complexity index is 827. The van der Waals surface area contributed by atoms with Crippen LogP contribution in [-0.2, 0) is 25.5 Å². The Morgan fingerprint density at radius 2 is 2.00 bits per heavy atom. The SMILES string of the molecule is CC(C)[C@@](C)(C#N)NC(=O)COC(=O)CN1C(=O)Cc2ccccc2C1=O. The molecule has 2 rings (SSSR count). The third-order valence-corrected chi connectivity index (χ3v) is 4.57. The number of carbonyl (C=O) groups is 4. The normalized spacial score (nSPS) is 15.6. The van der Waals surface area contributed by atoms with Gasteiger partial charge in [0.05, 0.1) is 12.5 Å². The van der Waals surface area contributed by atoms with Gasteiger partial charge >= 0.3 is 5.97 Å². The lowest BCUT2D eigenvalue weighted by Crippen LogP contribution is -2.50. The third-order valence-electron chi connectivity index (χ3n) is 4.57. The summed E-state index contributed by atoms with van der Waals surface area (Å²) >= 11 is 0. The van der Waals surface area contributed by atoms with E-state index >= 15 is 0 Å². The molecule has 0 saturated carbocycles. The smallest absolute Gasteiger partial charge is 0.326 e. The summed E-state index contributed by atoms with van der Waals surface area (Å²) in [5.74, 6) is -2.74. The molecule has 0 spiro atoms. The zero-order chi connectivity index (χ0) is 20.2. The van der Waals surface area contributed by atoms with E-state index in [-0.39, 0.29) is 12.3 Å². The molecule has 1 heterocycles. The number of ether oxygens (including phenoxy) is 1. The molecule has 1 atom stereocenters. The van der Waals surface area contributed by atoms with Crippen molar-refractivity contribution in [3.8, 4) is 6.07 Å². The lowest BCUT2D eigenvalue weighted by Gasteiger charge is -2.27. The molecule has 0 aliphatic carbocycles. The van der Waals surface area contributed by atoms with Crippen molar-refractivity contribution < 1.29 is 23.9 Å². The summed E-state index contributed by atoms with van der Waals surface area (Å²) in [5.41, 5.74) is -0.114. The number of amides is 3. The van der Waals surface area contributed by atoms with Crippen LogP contribution in [0.1, 0.15) is 36.7 Å². The van der Waals surface area contributed by atoms with E-state index in [4.69, 9.17) is 4.74 Å². The molecule has 0 unspecified atom stereocenters. The molecule has 1 aromatic carbocycles. The van der Waals surface area contributed by atoms with E-state index < -0.39 is 42.4 Å². The van der Waals surface area contributed by atoms with Crippen molar-refractivity contribution >= 4 is 23.7 Å². The van der Waals surface area contributed by atoms with Crippen molar-refractivity contribution in [1.82, 2.24) is 10.2 Å². The monoisotopic (exact) mass is 371 g/mol. The Balaban J connectivity index is 1.93. The summed E-state index contributed by atoms with van der Waals surface area (Å²) in [6.45, 7) is 3.95. The maximum absolute atomic E-state index is 12.4. The highest BCUT2D eigenvalue weighted by molar-refractivity contribution is 6.11. The van der Waals surface area contributed by atoms with Crippen LogP contribution in [0.3, 0.4) is 0 Å². The summed E-state index contributed by atoms with van der Waals surface area (Å²) in [6, 6.07) is 8.69. The summed E-state index contributed by atoms with van der Waals surface area (Å²) in [4.78, 5) is 49.2. The predicted octanol–water partition coefficient (Wildman–Crippen LogP) is 0.809. The molecule has 8 nitrogen and oxygen atoms in total. The van der Waals surface area contributed by atoms with Gasteiger partial charge in [-0.05, 0) is 24.5 Å². The third kappa shape index (κ3) is 4.50. The van der Waals surface area contributed by atoms with Gasteiger partial charge in [-0.1, -0.05) is 32.0 Å². The van der Waals surface area contributed by atoms with Gasteiger partial charge in [-0.15, -0.1) is 0 Å².